The van der Waals surface area contributed by atoms with Gasteiger partial charge in [0.25, 0.3) is 11.6 Å². The molecule has 1 aromatic heterocycles. The lowest BCUT2D eigenvalue weighted by atomic mass is 10.2. The Morgan fingerprint density at radius 2 is 2.00 bits per heavy atom. The molecule has 0 aliphatic carbocycles. The monoisotopic (exact) mass is 322 g/mol. The molecule has 0 saturated heterocycles. The van der Waals surface area contributed by atoms with Crippen LogP contribution in [0.1, 0.15) is 21.6 Å². The highest BCUT2D eigenvalue weighted by atomic mass is 16.6. The van der Waals surface area contributed by atoms with Gasteiger partial charge in [0.05, 0.1) is 11.3 Å². The zero-order valence-electron chi connectivity index (χ0n) is 13.1. The molecule has 0 saturated carbocycles. The Morgan fingerprint density at radius 1 is 1.33 bits per heavy atom. The van der Waals surface area contributed by atoms with Gasteiger partial charge in [0.15, 0.2) is 0 Å². The van der Waals surface area contributed by atoms with Crippen LogP contribution in [-0.2, 0) is 18.5 Å². The van der Waals surface area contributed by atoms with Crippen molar-refractivity contribution in [1.82, 2.24) is 9.78 Å². The molecule has 2 rings (SSSR count). The zero-order valence-corrected chi connectivity index (χ0v) is 13.1. The second kappa shape index (κ2) is 7.56. The predicted molar refractivity (Wildman–Crippen MR) is 85.8 cm³/mol. The van der Waals surface area contributed by atoms with Gasteiger partial charge in [0, 0.05) is 18.9 Å². The SMILES string of the molecule is Cc1nn(C)cc1C(=O)Nc1ccc(CON=C(C#N)C#N)cc1. The normalized spacial score (nSPS) is 9.50. The summed E-state index contributed by atoms with van der Waals surface area (Å²) in [6.07, 6.45) is 1.66. The quantitative estimate of drug-likeness (QED) is 0.666. The number of oxime groups is 1. The van der Waals surface area contributed by atoms with Gasteiger partial charge in [-0.3, -0.25) is 9.48 Å². The molecule has 0 aliphatic heterocycles. The fourth-order valence-electron chi connectivity index (χ4n) is 1.94. The van der Waals surface area contributed by atoms with Crippen LogP contribution in [0, 0.1) is 29.6 Å². The molecular weight excluding hydrogens is 308 g/mol. The Balaban J connectivity index is 1.96. The van der Waals surface area contributed by atoms with E-state index < -0.39 is 0 Å². The van der Waals surface area contributed by atoms with E-state index in [1.165, 1.54) is 0 Å². The largest absolute Gasteiger partial charge is 0.389 e. The van der Waals surface area contributed by atoms with Gasteiger partial charge < -0.3 is 10.2 Å². The first-order valence-corrected chi connectivity index (χ1v) is 6.94. The molecule has 0 atom stereocenters. The number of hydrogen-bond acceptors (Lipinski definition) is 6. The van der Waals surface area contributed by atoms with Gasteiger partial charge >= 0.3 is 0 Å². The summed E-state index contributed by atoms with van der Waals surface area (Å²) in [7, 11) is 1.76. The molecule has 1 aromatic carbocycles. The van der Waals surface area contributed by atoms with Crippen molar-refractivity contribution >= 4 is 17.3 Å². The van der Waals surface area contributed by atoms with E-state index in [-0.39, 0.29) is 18.2 Å². The third kappa shape index (κ3) is 4.18. The third-order valence-electron chi connectivity index (χ3n) is 3.07. The van der Waals surface area contributed by atoms with Crippen LogP contribution >= 0.6 is 0 Å². The maximum absolute atomic E-state index is 12.2. The summed E-state index contributed by atoms with van der Waals surface area (Å²) in [5.74, 6) is -0.234. The minimum Gasteiger partial charge on any atom is -0.389 e. The summed E-state index contributed by atoms with van der Waals surface area (Å²) < 4.78 is 1.59. The van der Waals surface area contributed by atoms with Crippen molar-refractivity contribution in [1.29, 1.82) is 10.5 Å². The summed E-state index contributed by atoms with van der Waals surface area (Å²) >= 11 is 0. The summed E-state index contributed by atoms with van der Waals surface area (Å²) in [6, 6.07) is 10.1. The second-order valence-electron chi connectivity index (χ2n) is 4.89. The van der Waals surface area contributed by atoms with E-state index in [0.29, 0.717) is 16.9 Å². The van der Waals surface area contributed by atoms with Gasteiger partial charge in [-0.1, -0.05) is 17.3 Å². The number of rotatable bonds is 5. The zero-order chi connectivity index (χ0) is 17.5. The number of carbonyl (C=O) groups excluding carboxylic acids is 1. The minimum absolute atomic E-state index is 0.114. The van der Waals surface area contributed by atoms with Crippen LogP contribution in [0.3, 0.4) is 0 Å². The van der Waals surface area contributed by atoms with E-state index in [0.717, 1.165) is 5.56 Å². The first kappa shape index (κ1) is 16.7. The average molecular weight is 322 g/mol. The lowest BCUT2D eigenvalue weighted by Gasteiger charge is -2.05. The lowest BCUT2D eigenvalue weighted by Crippen LogP contribution is -2.12. The molecular formula is C16H14N6O2. The summed E-state index contributed by atoms with van der Waals surface area (Å²) in [5, 5.41) is 27.4. The number of amides is 1. The molecule has 2 aromatic rings. The molecule has 0 bridgehead atoms. The van der Waals surface area contributed by atoms with Crippen molar-refractivity contribution in [2.24, 2.45) is 12.2 Å². The van der Waals surface area contributed by atoms with Crippen LogP contribution in [0.2, 0.25) is 0 Å². The Hall–Kier alpha value is -3.65. The van der Waals surface area contributed by atoms with Crippen LogP contribution in [-0.4, -0.2) is 21.4 Å². The lowest BCUT2D eigenvalue weighted by molar-refractivity contribution is 0.102. The number of hydrogen-bond donors (Lipinski definition) is 1. The highest BCUT2D eigenvalue weighted by Gasteiger charge is 2.12. The first-order valence-electron chi connectivity index (χ1n) is 6.94. The smallest absolute Gasteiger partial charge is 0.259 e. The molecule has 1 amide bonds. The standard InChI is InChI=1S/C16H14N6O2/c1-11-15(9-22(2)20-11)16(23)19-13-5-3-12(4-6-13)10-24-21-14(7-17)8-18/h3-6,9H,10H2,1-2H3,(H,19,23). The molecule has 0 unspecified atom stereocenters. The topological polar surface area (TPSA) is 116 Å². The summed E-state index contributed by atoms with van der Waals surface area (Å²) in [5.41, 5.74) is 2.24. The molecule has 120 valence electrons. The van der Waals surface area contributed by atoms with Crippen molar-refractivity contribution in [3.63, 3.8) is 0 Å². The number of nitrogens with zero attached hydrogens (tertiary/aromatic N) is 5. The highest BCUT2D eigenvalue weighted by molar-refractivity contribution is 6.09. The third-order valence-corrected chi connectivity index (χ3v) is 3.07. The number of nitriles is 2. The molecule has 0 fully saturated rings. The Morgan fingerprint density at radius 3 is 2.54 bits per heavy atom. The average Bonchev–Trinajstić information content (AvgIpc) is 2.92. The van der Waals surface area contributed by atoms with Gasteiger partial charge in [0.1, 0.15) is 18.7 Å². The van der Waals surface area contributed by atoms with Crippen LogP contribution in [0.5, 0.6) is 0 Å². The van der Waals surface area contributed by atoms with Crippen LogP contribution in [0.25, 0.3) is 0 Å². The number of carbonyl (C=O) groups is 1. The molecule has 8 heteroatoms. The van der Waals surface area contributed by atoms with Crippen molar-refractivity contribution in [3.8, 4) is 12.1 Å². The van der Waals surface area contributed by atoms with E-state index in [2.05, 4.69) is 15.6 Å². The van der Waals surface area contributed by atoms with E-state index in [1.807, 2.05) is 0 Å². The Kier molecular flexibility index (Phi) is 5.27. The Bertz CT molecular complexity index is 836. The molecule has 0 aliphatic rings. The van der Waals surface area contributed by atoms with E-state index in [9.17, 15) is 4.79 Å². The van der Waals surface area contributed by atoms with Crippen LogP contribution < -0.4 is 5.32 Å². The molecule has 1 heterocycles. The Labute approximate surface area is 138 Å². The van der Waals surface area contributed by atoms with E-state index >= 15 is 0 Å². The fourth-order valence-corrected chi connectivity index (χ4v) is 1.94. The van der Waals surface area contributed by atoms with Crippen molar-refractivity contribution in [3.05, 3.63) is 47.3 Å². The molecule has 0 spiro atoms. The molecule has 8 nitrogen and oxygen atoms in total. The molecule has 1 N–H and O–H groups in total. The van der Waals surface area contributed by atoms with Crippen LogP contribution in [0.15, 0.2) is 35.6 Å². The van der Waals surface area contributed by atoms with Crippen molar-refractivity contribution < 1.29 is 9.63 Å². The fraction of sp³-hybridized carbons (Fsp3) is 0.188. The number of anilines is 1. The predicted octanol–water partition coefficient (Wildman–Crippen LogP) is 1.90. The van der Waals surface area contributed by atoms with Crippen LogP contribution in [0.4, 0.5) is 5.69 Å². The van der Waals surface area contributed by atoms with Gasteiger partial charge in [-0.2, -0.15) is 15.6 Å². The van der Waals surface area contributed by atoms with E-state index in [4.69, 9.17) is 15.4 Å². The maximum Gasteiger partial charge on any atom is 0.259 e. The number of benzene rings is 1. The number of aryl methyl sites for hydroxylation is 2. The summed E-state index contributed by atoms with van der Waals surface area (Å²) in [4.78, 5) is 17.1. The minimum atomic E-state index is -0.342. The second-order valence-corrected chi connectivity index (χ2v) is 4.89. The number of aromatic nitrogens is 2. The van der Waals surface area contributed by atoms with Crippen molar-refractivity contribution in [2.45, 2.75) is 13.5 Å². The molecule has 24 heavy (non-hydrogen) atoms. The van der Waals surface area contributed by atoms with Gasteiger partial charge in [-0.15, -0.1) is 0 Å². The van der Waals surface area contributed by atoms with Crippen molar-refractivity contribution in [2.75, 3.05) is 5.32 Å². The highest BCUT2D eigenvalue weighted by Crippen LogP contribution is 2.13. The van der Waals surface area contributed by atoms with Gasteiger partial charge in [-0.05, 0) is 24.6 Å². The van der Waals surface area contributed by atoms with Gasteiger partial charge in [0.2, 0.25) is 0 Å². The van der Waals surface area contributed by atoms with E-state index in [1.54, 1.807) is 61.3 Å². The maximum atomic E-state index is 12.2. The molecule has 0 radical (unpaired) electrons. The summed E-state index contributed by atoms with van der Waals surface area (Å²) in [6.45, 7) is 1.88. The first-order chi connectivity index (χ1) is 11.5. The van der Waals surface area contributed by atoms with Gasteiger partial charge in [-0.25, -0.2) is 0 Å². The number of nitrogens with one attached hydrogen (secondary N) is 1.